The third-order valence-corrected chi connectivity index (χ3v) is 1.94. The SMILES string of the molecule is COc1c(F)ccc(OS(C)(=O)=O)c1F. The molecule has 1 aromatic carbocycles. The Labute approximate surface area is 85.6 Å². The molecule has 84 valence electrons. The van der Waals surface area contributed by atoms with Crippen LogP contribution in [0.15, 0.2) is 12.1 Å². The average molecular weight is 238 g/mol. The largest absolute Gasteiger partial charge is 0.491 e. The Balaban J connectivity index is 3.22. The van der Waals surface area contributed by atoms with E-state index in [2.05, 4.69) is 8.92 Å². The van der Waals surface area contributed by atoms with E-state index in [1.54, 1.807) is 0 Å². The lowest BCUT2D eigenvalue weighted by atomic mass is 10.3. The second-order valence-corrected chi connectivity index (χ2v) is 4.26. The lowest BCUT2D eigenvalue weighted by molar-refractivity contribution is 0.351. The van der Waals surface area contributed by atoms with Crippen LogP contribution in [0.3, 0.4) is 0 Å². The van der Waals surface area contributed by atoms with Crippen molar-refractivity contribution in [3.8, 4) is 11.5 Å². The second-order valence-electron chi connectivity index (χ2n) is 2.68. The first-order valence-electron chi connectivity index (χ1n) is 3.76. The van der Waals surface area contributed by atoms with Crippen LogP contribution in [-0.2, 0) is 10.1 Å². The summed E-state index contributed by atoms with van der Waals surface area (Å²) in [7, 11) is -2.79. The van der Waals surface area contributed by atoms with E-state index in [4.69, 9.17) is 0 Å². The number of methoxy groups -OCH3 is 1. The van der Waals surface area contributed by atoms with Crippen molar-refractivity contribution in [1.82, 2.24) is 0 Å². The maximum Gasteiger partial charge on any atom is 0.306 e. The van der Waals surface area contributed by atoms with Crippen LogP contribution in [0.1, 0.15) is 0 Å². The zero-order chi connectivity index (χ0) is 11.6. The first-order valence-corrected chi connectivity index (χ1v) is 5.58. The minimum absolute atomic E-state index is 0.601. The maximum atomic E-state index is 13.3. The first kappa shape index (κ1) is 11.7. The van der Waals surface area contributed by atoms with Crippen LogP contribution in [0.25, 0.3) is 0 Å². The van der Waals surface area contributed by atoms with E-state index in [0.717, 1.165) is 25.5 Å². The molecule has 0 saturated heterocycles. The van der Waals surface area contributed by atoms with Crippen LogP contribution in [-0.4, -0.2) is 21.8 Å². The van der Waals surface area contributed by atoms with E-state index >= 15 is 0 Å². The molecule has 0 amide bonds. The molecule has 0 aliphatic heterocycles. The molecule has 15 heavy (non-hydrogen) atoms. The van der Waals surface area contributed by atoms with Gasteiger partial charge in [0.05, 0.1) is 13.4 Å². The normalized spacial score (nSPS) is 11.2. The van der Waals surface area contributed by atoms with Gasteiger partial charge in [-0.1, -0.05) is 0 Å². The summed E-state index contributed by atoms with van der Waals surface area (Å²) in [6.07, 6.45) is 0.752. The Kier molecular flexibility index (Phi) is 3.13. The van der Waals surface area contributed by atoms with Gasteiger partial charge in [0.2, 0.25) is 5.82 Å². The van der Waals surface area contributed by atoms with Crippen molar-refractivity contribution in [3.63, 3.8) is 0 Å². The molecule has 7 heteroatoms. The molecule has 1 aromatic rings. The van der Waals surface area contributed by atoms with Gasteiger partial charge >= 0.3 is 10.1 Å². The molecule has 1 rings (SSSR count). The summed E-state index contributed by atoms with van der Waals surface area (Å²) < 4.78 is 56.3. The van der Waals surface area contributed by atoms with Gasteiger partial charge in [0.25, 0.3) is 0 Å². The van der Waals surface area contributed by atoms with E-state index in [1.165, 1.54) is 0 Å². The Bertz CT molecular complexity index is 470. The lowest BCUT2D eigenvalue weighted by Crippen LogP contribution is -2.08. The van der Waals surface area contributed by atoms with Gasteiger partial charge in [-0.3, -0.25) is 0 Å². The van der Waals surface area contributed by atoms with Crippen LogP contribution >= 0.6 is 0 Å². The summed E-state index contributed by atoms with van der Waals surface area (Å²) in [6.45, 7) is 0. The number of rotatable bonds is 3. The highest BCUT2D eigenvalue weighted by molar-refractivity contribution is 7.86. The maximum absolute atomic E-state index is 13.3. The standard InChI is InChI=1S/C8H8F2O4S/c1-13-8-5(9)3-4-6(7(8)10)14-15(2,11)12/h3-4H,1-2H3. The summed E-state index contributed by atoms with van der Waals surface area (Å²) in [5.74, 6) is -3.41. The molecule has 0 heterocycles. The van der Waals surface area contributed by atoms with Crippen LogP contribution in [0, 0.1) is 11.6 Å². The van der Waals surface area contributed by atoms with E-state index in [-0.39, 0.29) is 0 Å². The smallest absolute Gasteiger partial charge is 0.306 e. The van der Waals surface area contributed by atoms with E-state index in [0.29, 0.717) is 0 Å². The monoisotopic (exact) mass is 238 g/mol. The number of ether oxygens (including phenoxy) is 1. The minimum atomic E-state index is -3.86. The molecule has 0 saturated carbocycles. The molecular formula is C8H8F2O4S. The van der Waals surface area contributed by atoms with Crippen molar-refractivity contribution in [2.75, 3.05) is 13.4 Å². The van der Waals surface area contributed by atoms with Crippen LogP contribution in [0.4, 0.5) is 8.78 Å². The third-order valence-electron chi connectivity index (χ3n) is 1.46. The summed E-state index contributed by atoms with van der Waals surface area (Å²) >= 11 is 0. The first-order chi connectivity index (χ1) is 6.85. The fraction of sp³-hybridized carbons (Fsp3) is 0.250. The highest BCUT2D eigenvalue weighted by Crippen LogP contribution is 2.29. The van der Waals surface area contributed by atoms with Gasteiger partial charge in [0.15, 0.2) is 17.3 Å². The highest BCUT2D eigenvalue weighted by Gasteiger charge is 2.18. The number of hydrogen-bond donors (Lipinski definition) is 0. The molecule has 4 nitrogen and oxygen atoms in total. The molecule has 0 aliphatic rings. The molecule has 0 spiro atoms. The van der Waals surface area contributed by atoms with Crippen molar-refractivity contribution in [2.24, 2.45) is 0 Å². The summed E-state index contributed by atoms with van der Waals surface area (Å²) in [5, 5.41) is 0. The van der Waals surface area contributed by atoms with E-state index < -0.39 is 33.3 Å². The zero-order valence-electron chi connectivity index (χ0n) is 7.95. The summed E-state index contributed by atoms with van der Waals surface area (Å²) in [6, 6.07) is 1.72. The number of benzene rings is 1. The van der Waals surface area contributed by atoms with Crippen molar-refractivity contribution >= 4 is 10.1 Å². The predicted octanol–water partition coefficient (Wildman–Crippen LogP) is 1.31. The van der Waals surface area contributed by atoms with Crippen molar-refractivity contribution in [2.45, 2.75) is 0 Å². The quantitative estimate of drug-likeness (QED) is 0.745. The molecule has 0 radical (unpaired) electrons. The van der Waals surface area contributed by atoms with E-state index in [1.807, 2.05) is 0 Å². The van der Waals surface area contributed by atoms with E-state index in [9.17, 15) is 17.2 Å². The van der Waals surface area contributed by atoms with Crippen LogP contribution < -0.4 is 8.92 Å². The summed E-state index contributed by atoms with van der Waals surface area (Å²) in [4.78, 5) is 0. The molecule has 0 bridgehead atoms. The fourth-order valence-electron chi connectivity index (χ4n) is 0.929. The Morgan fingerprint density at radius 2 is 1.87 bits per heavy atom. The topological polar surface area (TPSA) is 52.6 Å². The van der Waals surface area contributed by atoms with Gasteiger partial charge in [-0.25, -0.2) is 4.39 Å². The molecular weight excluding hydrogens is 230 g/mol. The van der Waals surface area contributed by atoms with Gasteiger partial charge in [0.1, 0.15) is 0 Å². The van der Waals surface area contributed by atoms with Crippen molar-refractivity contribution in [3.05, 3.63) is 23.8 Å². The summed E-state index contributed by atoms with van der Waals surface area (Å²) in [5.41, 5.74) is 0. The highest BCUT2D eigenvalue weighted by atomic mass is 32.2. The molecule has 0 aliphatic carbocycles. The lowest BCUT2D eigenvalue weighted by Gasteiger charge is -2.07. The van der Waals surface area contributed by atoms with Crippen molar-refractivity contribution in [1.29, 1.82) is 0 Å². The Morgan fingerprint density at radius 3 is 2.33 bits per heavy atom. The van der Waals surface area contributed by atoms with Crippen LogP contribution in [0.5, 0.6) is 11.5 Å². The van der Waals surface area contributed by atoms with Gasteiger partial charge in [0, 0.05) is 0 Å². The van der Waals surface area contributed by atoms with Gasteiger partial charge < -0.3 is 8.92 Å². The third kappa shape index (κ3) is 2.79. The molecule has 0 unspecified atom stereocenters. The van der Waals surface area contributed by atoms with Gasteiger partial charge in [-0.2, -0.15) is 12.8 Å². The molecule has 0 atom stereocenters. The predicted molar refractivity (Wildman–Crippen MR) is 48.4 cm³/mol. The Hall–Kier alpha value is -1.37. The van der Waals surface area contributed by atoms with Gasteiger partial charge in [-0.05, 0) is 12.1 Å². The van der Waals surface area contributed by atoms with Crippen LogP contribution in [0.2, 0.25) is 0 Å². The van der Waals surface area contributed by atoms with Gasteiger partial charge in [-0.15, -0.1) is 0 Å². The zero-order valence-corrected chi connectivity index (χ0v) is 8.77. The second kappa shape index (κ2) is 4.01. The number of halogens is 2. The molecule has 0 aromatic heterocycles. The average Bonchev–Trinajstić information content (AvgIpc) is 2.09. The molecule has 0 fully saturated rings. The van der Waals surface area contributed by atoms with Crippen molar-refractivity contribution < 1.29 is 26.1 Å². The Morgan fingerprint density at radius 1 is 1.27 bits per heavy atom. The minimum Gasteiger partial charge on any atom is -0.491 e. The number of hydrogen-bond acceptors (Lipinski definition) is 4. The fourth-order valence-corrected chi connectivity index (χ4v) is 1.38. The molecule has 0 N–H and O–H groups in total.